The Kier molecular flexibility index (Phi) is 4.91. The lowest BCUT2D eigenvalue weighted by Crippen LogP contribution is -2.48. The van der Waals surface area contributed by atoms with E-state index in [2.05, 4.69) is 10.1 Å². The van der Waals surface area contributed by atoms with E-state index in [-0.39, 0.29) is 10.8 Å². The molecule has 7 nitrogen and oxygen atoms in total. The number of rotatable bonds is 6. The molecular weight excluding hydrogens is 378 g/mol. The molecule has 146 valence electrons. The zero-order valence-electron chi connectivity index (χ0n) is 15.7. The van der Waals surface area contributed by atoms with Crippen LogP contribution < -0.4 is 4.74 Å². The van der Waals surface area contributed by atoms with Gasteiger partial charge in [0.2, 0.25) is 15.9 Å². The molecule has 8 heteroatoms. The van der Waals surface area contributed by atoms with Crippen molar-refractivity contribution in [1.29, 1.82) is 0 Å². The van der Waals surface area contributed by atoms with Gasteiger partial charge in [-0.15, -0.1) is 0 Å². The molecule has 3 aromatic rings. The molecule has 0 N–H and O–H groups in total. The van der Waals surface area contributed by atoms with Crippen LogP contribution in [0.1, 0.15) is 28.8 Å². The zero-order chi connectivity index (χ0) is 19.7. The van der Waals surface area contributed by atoms with Gasteiger partial charge in [0, 0.05) is 19.5 Å². The molecular formula is C20H21N3O4S. The van der Waals surface area contributed by atoms with Crippen LogP contribution in [0.3, 0.4) is 0 Å². The maximum atomic E-state index is 12.8. The monoisotopic (exact) mass is 399 g/mol. The highest BCUT2D eigenvalue weighted by Crippen LogP contribution is 2.32. The van der Waals surface area contributed by atoms with Crippen molar-refractivity contribution in [3.63, 3.8) is 0 Å². The quantitative estimate of drug-likeness (QED) is 0.634. The van der Waals surface area contributed by atoms with Crippen molar-refractivity contribution in [2.75, 3.05) is 20.2 Å². The van der Waals surface area contributed by atoms with E-state index < -0.39 is 10.0 Å². The largest absolute Gasteiger partial charge is 0.496 e. The number of hydrogen-bond donors (Lipinski definition) is 0. The van der Waals surface area contributed by atoms with Crippen LogP contribution in [-0.4, -0.2) is 43.1 Å². The smallest absolute Gasteiger partial charge is 0.243 e. The SMILES string of the molecule is COc1ccc(S(=O)(=O)N2CC(c3nc(Cc4ccccc4)no3)C2)cc1C. The van der Waals surface area contributed by atoms with E-state index in [1.807, 2.05) is 37.3 Å². The second-order valence-electron chi connectivity index (χ2n) is 6.86. The van der Waals surface area contributed by atoms with Crippen LogP contribution in [-0.2, 0) is 16.4 Å². The number of aryl methyl sites for hydroxylation is 1. The first kappa shape index (κ1) is 18.6. The summed E-state index contributed by atoms with van der Waals surface area (Å²) in [5, 5.41) is 4.02. The lowest BCUT2D eigenvalue weighted by molar-refractivity contribution is 0.216. The normalized spacial score (nSPS) is 15.4. The maximum absolute atomic E-state index is 12.8. The lowest BCUT2D eigenvalue weighted by atomic mass is 10.0. The van der Waals surface area contributed by atoms with Crippen LogP contribution in [0, 0.1) is 6.92 Å². The van der Waals surface area contributed by atoms with E-state index in [0.29, 0.717) is 37.0 Å². The van der Waals surface area contributed by atoms with E-state index in [0.717, 1.165) is 11.1 Å². The van der Waals surface area contributed by atoms with Crippen molar-refractivity contribution in [3.05, 3.63) is 71.4 Å². The van der Waals surface area contributed by atoms with Gasteiger partial charge in [-0.2, -0.15) is 9.29 Å². The van der Waals surface area contributed by atoms with Crippen molar-refractivity contribution in [1.82, 2.24) is 14.4 Å². The van der Waals surface area contributed by atoms with Gasteiger partial charge in [-0.25, -0.2) is 8.42 Å². The molecule has 1 saturated heterocycles. The highest BCUT2D eigenvalue weighted by Gasteiger charge is 2.40. The summed E-state index contributed by atoms with van der Waals surface area (Å²) in [5.41, 5.74) is 1.88. The third kappa shape index (κ3) is 3.53. The van der Waals surface area contributed by atoms with Gasteiger partial charge < -0.3 is 9.26 Å². The number of hydrogen-bond acceptors (Lipinski definition) is 6. The molecule has 0 bridgehead atoms. The Morgan fingerprint density at radius 3 is 2.61 bits per heavy atom. The van der Waals surface area contributed by atoms with Gasteiger partial charge >= 0.3 is 0 Å². The van der Waals surface area contributed by atoms with E-state index in [9.17, 15) is 8.42 Å². The third-order valence-electron chi connectivity index (χ3n) is 4.89. The summed E-state index contributed by atoms with van der Waals surface area (Å²) < 4.78 is 37.6. The molecule has 0 unspecified atom stereocenters. The third-order valence-corrected chi connectivity index (χ3v) is 6.72. The molecule has 1 aliphatic heterocycles. The minimum Gasteiger partial charge on any atom is -0.496 e. The minimum atomic E-state index is -3.54. The molecule has 2 heterocycles. The van der Waals surface area contributed by atoms with Gasteiger partial charge in [0.1, 0.15) is 5.75 Å². The van der Waals surface area contributed by atoms with Crippen LogP contribution in [0.2, 0.25) is 0 Å². The van der Waals surface area contributed by atoms with E-state index in [1.165, 1.54) is 4.31 Å². The van der Waals surface area contributed by atoms with E-state index in [1.54, 1.807) is 25.3 Å². The Morgan fingerprint density at radius 1 is 1.18 bits per heavy atom. The Bertz CT molecular complexity index is 1070. The standard InChI is InChI=1S/C20H21N3O4S/c1-14-10-17(8-9-18(14)26-2)28(24,25)23-12-16(13-23)20-21-19(22-27-20)11-15-6-4-3-5-7-15/h3-10,16H,11-13H2,1-2H3. The summed E-state index contributed by atoms with van der Waals surface area (Å²) in [6, 6.07) is 14.8. The fourth-order valence-corrected chi connectivity index (χ4v) is 4.85. The topological polar surface area (TPSA) is 85.5 Å². The summed E-state index contributed by atoms with van der Waals surface area (Å²) >= 11 is 0. The lowest BCUT2D eigenvalue weighted by Gasteiger charge is -2.35. The molecule has 1 aliphatic rings. The van der Waals surface area contributed by atoms with E-state index >= 15 is 0 Å². The molecule has 4 rings (SSSR count). The van der Waals surface area contributed by atoms with Gasteiger partial charge in [0.05, 0.1) is 17.9 Å². The molecule has 28 heavy (non-hydrogen) atoms. The Hall–Kier alpha value is -2.71. The zero-order valence-corrected chi connectivity index (χ0v) is 16.5. The van der Waals surface area contributed by atoms with Gasteiger partial charge in [-0.3, -0.25) is 0 Å². The molecule has 1 fully saturated rings. The molecule has 0 spiro atoms. The fraction of sp³-hybridized carbons (Fsp3) is 0.300. The summed E-state index contributed by atoms with van der Waals surface area (Å²) in [4.78, 5) is 4.70. The number of sulfonamides is 1. The molecule has 2 aromatic carbocycles. The van der Waals surface area contributed by atoms with Gasteiger partial charge in [0.15, 0.2) is 5.82 Å². The minimum absolute atomic E-state index is 0.0776. The summed E-state index contributed by atoms with van der Waals surface area (Å²) in [5.74, 6) is 1.68. The Labute approximate surface area is 164 Å². The molecule has 0 atom stereocenters. The fourth-order valence-electron chi connectivity index (χ4n) is 3.23. The molecule has 0 radical (unpaired) electrons. The number of ether oxygens (including phenoxy) is 1. The van der Waals surface area contributed by atoms with Gasteiger partial charge in [0.25, 0.3) is 0 Å². The van der Waals surface area contributed by atoms with Crippen LogP contribution in [0.5, 0.6) is 5.75 Å². The van der Waals surface area contributed by atoms with E-state index in [4.69, 9.17) is 9.26 Å². The number of benzene rings is 2. The highest BCUT2D eigenvalue weighted by atomic mass is 32.2. The predicted octanol–water partition coefficient (Wildman–Crippen LogP) is 2.77. The van der Waals surface area contributed by atoms with Crippen molar-refractivity contribution in [3.8, 4) is 5.75 Å². The molecule has 0 aliphatic carbocycles. The van der Waals surface area contributed by atoms with Crippen LogP contribution in [0.15, 0.2) is 57.9 Å². The maximum Gasteiger partial charge on any atom is 0.243 e. The Balaban J connectivity index is 1.42. The summed E-state index contributed by atoms with van der Waals surface area (Å²) in [6.07, 6.45) is 0.587. The summed E-state index contributed by atoms with van der Waals surface area (Å²) in [7, 11) is -1.98. The second kappa shape index (κ2) is 7.37. The molecule has 0 saturated carbocycles. The van der Waals surface area contributed by atoms with Gasteiger partial charge in [-0.05, 0) is 36.2 Å². The van der Waals surface area contributed by atoms with Crippen molar-refractivity contribution >= 4 is 10.0 Å². The van der Waals surface area contributed by atoms with Crippen molar-refractivity contribution in [2.24, 2.45) is 0 Å². The average molecular weight is 399 g/mol. The first-order valence-corrected chi connectivity index (χ1v) is 10.4. The first-order valence-electron chi connectivity index (χ1n) is 8.98. The summed E-state index contributed by atoms with van der Waals surface area (Å²) in [6.45, 7) is 2.49. The second-order valence-corrected chi connectivity index (χ2v) is 8.80. The van der Waals surface area contributed by atoms with Crippen molar-refractivity contribution < 1.29 is 17.7 Å². The molecule has 0 amide bonds. The van der Waals surface area contributed by atoms with Crippen molar-refractivity contribution in [2.45, 2.75) is 24.2 Å². The number of aromatic nitrogens is 2. The average Bonchev–Trinajstić information content (AvgIpc) is 3.09. The Morgan fingerprint density at radius 2 is 1.93 bits per heavy atom. The number of methoxy groups -OCH3 is 1. The number of nitrogens with zero attached hydrogens (tertiary/aromatic N) is 3. The highest BCUT2D eigenvalue weighted by molar-refractivity contribution is 7.89. The van der Waals surface area contributed by atoms with Crippen LogP contribution >= 0.6 is 0 Å². The van der Waals surface area contributed by atoms with Gasteiger partial charge in [-0.1, -0.05) is 35.5 Å². The van der Waals surface area contributed by atoms with Crippen LogP contribution in [0.25, 0.3) is 0 Å². The first-order chi connectivity index (χ1) is 13.5. The van der Waals surface area contributed by atoms with Crippen LogP contribution in [0.4, 0.5) is 0 Å². The predicted molar refractivity (Wildman–Crippen MR) is 103 cm³/mol. The molecule has 1 aromatic heterocycles.